The molecule has 0 saturated carbocycles. The normalized spacial score (nSPS) is 12.3. The highest BCUT2D eigenvalue weighted by Crippen LogP contribution is 1.99. The van der Waals surface area contributed by atoms with Gasteiger partial charge in [-0.25, -0.2) is 4.79 Å². The monoisotopic (exact) mass is 171 g/mol. The van der Waals surface area contributed by atoms with E-state index in [1.165, 1.54) is 0 Å². The Morgan fingerprint density at radius 2 is 2.17 bits per heavy atom. The van der Waals surface area contributed by atoms with Crippen LogP contribution < -0.4 is 5.32 Å². The van der Waals surface area contributed by atoms with Crippen LogP contribution in [0, 0.1) is 5.92 Å². The molecule has 0 aliphatic rings. The van der Waals surface area contributed by atoms with E-state index in [1.54, 1.807) is 6.08 Å². The van der Waals surface area contributed by atoms with Gasteiger partial charge in [0.25, 0.3) is 0 Å². The molecule has 3 nitrogen and oxygen atoms in total. The molecule has 0 spiro atoms. The molecular formula is C9H17NO2. The number of amides is 1. The lowest BCUT2D eigenvalue weighted by atomic mass is 10.1. The second-order valence-electron chi connectivity index (χ2n) is 3.06. The summed E-state index contributed by atoms with van der Waals surface area (Å²) in [4.78, 5) is 10.9. The van der Waals surface area contributed by atoms with Crippen molar-refractivity contribution in [2.75, 3.05) is 6.61 Å². The maximum absolute atomic E-state index is 10.9. The zero-order chi connectivity index (χ0) is 9.56. The number of hydrogen-bond donors (Lipinski definition) is 1. The second-order valence-corrected chi connectivity index (χ2v) is 3.06. The lowest BCUT2D eigenvalue weighted by molar-refractivity contribution is 0.152. The fourth-order valence-corrected chi connectivity index (χ4v) is 0.529. The number of carbonyl (C=O) groups is 1. The molecular weight excluding hydrogens is 154 g/mol. The summed E-state index contributed by atoms with van der Waals surface area (Å²) in [5.41, 5.74) is 0. The molecule has 0 radical (unpaired) electrons. The minimum absolute atomic E-state index is 0.141. The summed E-state index contributed by atoms with van der Waals surface area (Å²) in [6.07, 6.45) is 1.16. The number of ether oxygens (including phenoxy) is 1. The first-order valence-electron chi connectivity index (χ1n) is 4.12. The Hall–Kier alpha value is -0.990. The van der Waals surface area contributed by atoms with Gasteiger partial charge in [0.2, 0.25) is 0 Å². The molecule has 70 valence electrons. The van der Waals surface area contributed by atoms with Gasteiger partial charge in [-0.2, -0.15) is 0 Å². The third-order valence-corrected chi connectivity index (χ3v) is 1.68. The molecule has 0 heterocycles. The van der Waals surface area contributed by atoms with Crippen molar-refractivity contribution in [2.45, 2.75) is 26.8 Å². The molecule has 0 aromatic heterocycles. The van der Waals surface area contributed by atoms with Gasteiger partial charge >= 0.3 is 6.09 Å². The molecule has 1 N–H and O–H groups in total. The minimum Gasteiger partial charge on any atom is -0.445 e. The Kier molecular flexibility index (Phi) is 5.17. The van der Waals surface area contributed by atoms with Crippen LogP contribution in [0.2, 0.25) is 0 Å². The zero-order valence-electron chi connectivity index (χ0n) is 7.96. The summed E-state index contributed by atoms with van der Waals surface area (Å²) in [6.45, 7) is 9.73. The van der Waals surface area contributed by atoms with Crippen LogP contribution >= 0.6 is 0 Å². The SMILES string of the molecule is C=CCOC(=O)N[C@@H](C)C(C)C. The molecule has 0 fully saturated rings. The molecule has 0 bridgehead atoms. The van der Waals surface area contributed by atoms with E-state index in [9.17, 15) is 4.79 Å². The van der Waals surface area contributed by atoms with E-state index in [1.807, 2.05) is 20.8 Å². The largest absolute Gasteiger partial charge is 0.445 e. The van der Waals surface area contributed by atoms with Crippen molar-refractivity contribution in [3.8, 4) is 0 Å². The van der Waals surface area contributed by atoms with E-state index in [2.05, 4.69) is 11.9 Å². The smallest absolute Gasteiger partial charge is 0.407 e. The highest BCUT2D eigenvalue weighted by Gasteiger charge is 2.10. The predicted molar refractivity (Wildman–Crippen MR) is 49.0 cm³/mol. The van der Waals surface area contributed by atoms with Crippen molar-refractivity contribution in [2.24, 2.45) is 5.92 Å². The van der Waals surface area contributed by atoms with E-state index in [-0.39, 0.29) is 18.7 Å². The van der Waals surface area contributed by atoms with E-state index in [0.717, 1.165) is 0 Å². The number of alkyl carbamates (subject to hydrolysis) is 1. The lowest BCUT2D eigenvalue weighted by Crippen LogP contribution is -2.36. The van der Waals surface area contributed by atoms with Gasteiger partial charge in [-0.15, -0.1) is 0 Å². The molecule has 0 aliphatic heterocycles. The molecule has 0 unspecified atom stereocenters. The lowest BCUT2D eigenvalue weighted by Gasteiger charge is -2.16. The predicted octanol–water partition coefficient (Wildman–Crippen LogP) is 1.94. The number of hydrogen-bond acceptors (Lipinski definition) is 2. The molecule has 0 rings (SSSR count). The topological polar surface area (TPSA) is 38.3 Å². The Morgan fingerprint density at radius 1 is 1.58 bits per heavy atom. The van der Waals surface area contributed by atoms with E-state index < -0.39 is 0 Å². The summed E-state index contributed by atoms with van der Waals surface area (Å²) in [5.74, 6) is 0.418. The van der Waals surface area contributed by atoms with Crippen LogP contribution in [0.1, 0.15) is 20.8 Å². The first-order valence-corrected chi connectivity index (χ1v) is 4.12. The number of nitrogens with one attached hydrogen (secondary N) is 1. The van der Waals surface area contributed by atoms with Crippen LogP contribution in [0.15, 0.2) is 12.7 Å². The first kappa shape index (κ1) is 11.0. The molecule has 0 aliphatic carbocycles. The van der Waals surface area contributed by atoms with Crippen LogP contribution in [0.25, 0.3) is 0 Å². The fourth-order valence-electron chi connectivity index (χ4n) is 0.529. The van der Waals surface area contributed by atoms with E-state index in [4.69, 9.17) is 4.74 Å². The quantitative estimate of drug-likeness (QED) is 0.656. The van der Waals surface area contributed by atoms with Crippen molar-refractivity contribution >= 4 is 6.09 Å². The summed E-state index contributed by atoms with van der Waals surface area (Å²) in [6, 6.07) is 0.141. The Bertz CT molecular complexity index is 155. The molecule has 1 amide bonds. The molecule has 3 heteroatoms. The van der Waals surface area contributed by atoms with Crippen molar-refractivity contribution in [1.82, 2.24) is 5.32 Å². The Balaban J connectivity index is 3.61. The highest BCUT2D eigenvalue weighted by molar-refractivity contribution is 5.67. The van der Waals surface area contributed by atoms with Crippen molar-refractivity contribution in [3.05, 3.63) is 12.7 Å². The Morgan fingerprint density at radius 3 is 2.58 bits per heavy atom. The van der Waals surface area contributed by atoms with E-state index in [0.29, 0.717) is 5.92 Å². The van der Waals surface area contributed by atoms with Gasteiger partial charge in [0, 0.05) is 6.04 Å². The number of rotatable bonds is 4. The highest BCUT2D eigenvalue weighted by atomic mass is 16.5. The molecule has 1 atom stereocenters. The van der Waals surface area contributed by atoms with E-state index >= 15 is 0 Å². The zero-order valence-corrected chi connectivity index (χ0v) is 7.96. The summed E-state index contributed by atoms with van der Waals surface area (Å²) in [5, 5.41) is 2.71. The Labute approximate surface area is 73.8 Å². The van der Waals surface area contributed by atoms with Crippen LogP contribution in [-0.4, -0.2) is 18.7 Å². The van der Waals surface area contributed by atoms with Crippen LogP contribution in [0.4, 0.5) is 4.79 Å². The fraction of sp³-hybridized carbons (Fsp3) is 0.667. The summed E-state index contributed by atoms with van der Waals surface area (Å²) >= 11 is 0. The average Bonchev–Trinajstić information content (AvgIpc) is 2.00. The van der Waals surface area contributed by atoms with Crippen LogP contribution in [0.3, 0.4) is 0 Å². The standard InChI is InChI=1S/C9H17NO2/c1-5-6-12-9(11)10-8(4)7(2)3/h5,7-8H,1,6H2,2-4H3,(H,10,11)/t8-/m0/s1. The van der Waals surface area contributed by atoms with Crippen molar-refractivity contribution in [3.63, 3.8) is 0 Å². The van der Waals surface area contributed by atoms with Gasteiger partial charge in [-0.3, -0.25) is 0 Å². The number of carbonyl (C=O) groups excluding carboxylic acids is 1. The maximum atomic E-state index is 10.9. The molecule has 12 heavy (non-hydrogen) atoms. The maximum Gasteiger partial charge on any atom is 0.407 e. The van der Waals surface area contributed by atoms with Crippen molar-refractivity contribution < 1.29 is 9.53 Å². The minimum atomic E-state index is -0.379. The molecule has 0 aromatic rings. The third-order valence-electron chi connectivity index (χ3n) is 1.68. The second kappa shape index (κ2) is 5.63. The van der Waals surface area contributed by atoms with Gasteiger partial charge in [-0.05, 0) is 12.8 Å². The van der Waals surface area contributed by atoms with Gasteiger partial charge in [0.1, 0.15) is 6.61 Å². The van der Waals surface area contributed by atoms with Gasteiger partial charge in [0.15, 0.2) is 0 Å². The molecule has 0 aromatic carbocycles. The van der Waals surface area contributed by atoms with Gasteiger partial charge in [0.05, 0.1) is 0 Å². The van der Waals surface area contributed by atoms with Gasteiger partial charge in [-0.1, -0.05) is 26.5 Å². The molecule has 0 saturated heterocycles. The van der Waals surface area contributed by atoms with Crippen LogP contribution in [-0.2, 0) is 4.74 Å². The summed E-state index contributed by atoms with van der Waals surface area (Å²) < 4.78 is 4.74. The van der Waals surface area contributed by atoms with Crippen molar-refractivity contribution in [1.29, 1.82) is 0 Å². The van der Waals surface area contributed by atoms with Crippen LogP contribution in [0.5, 0.6) is 0 Å². The average molecular weight is 171 g/mol. The third kappa shape index (κ3) is 4.77. The first-order chi connectivity index (χ1) is 5.57. The summed E-state index contributed by atoms with van der Waals surface area (Å²) in [7, 11) is 0. The van der Waals surface area contributed by atoms with Gasteiger partial charge < -0.3 is 10.1 Å².